The highest BCUT2D eigenvalue weighted by Crippen LogP contribution is 2.08. The molecule has 0 atom stereocenters. The number of fused-ring (bicyclic) bond motifs is 1. The third-order valence-electron chi connectivity index (χ3n) is 2.78. The molecule has 0 saturated carbocycles. The normalized spacial score (nSPS) is 17.1. The third-order valence-corrected chi connectivity index (χ3v) is 2.78. The van der Waals surface area contributed by atoms with Crippen molar-refractivity contribution >= 4 is 11.6 Å². The fourth-order valence-corrected chi connectivity index (χ4v) is 1.84. The van der Waals surface area contributed by atoms with Crippen molar-refractivity contribution in [2.45, 2.75) is 0 Å². The molecule has 0 aromatic carbocycles. The zero-order chi connectivity index (χ0) is 13.8. The number of carbonyl (C=O) groups excluding carboxylic acids is 1. The highest BCUT2D eigenvalue weighted by atomic mass is 16.1. The number of nitrogens with zero attached hydrogens (tertiary/aromatic N) is 3. The molecule has 1 aliphatic carbocycles. The van der Waals surface area contributed by atoms with Crippen molar-refractivity contribution in [3.8, 4) is 0 Å². The summed E-state index contributed by atoms with van der Waals surface area (Å²) in [7, 11) is 0. The van der Waals surface area contributed by atoms with Crippen LogP contribution in [0.4, 0.5) is 0 Å². The number of allylic oxidation sites excluding steroid dienone is 7. The van der Waals surface area contributed by atoms with Crippen molar-refractivity contribution in [3.63, 3.8) is 0 Å². The largest absolute Gasteiger partial charge is 0.322 e. The van der Waals surface area contributed by atoms with E-state index < -0.39 is 0 Å². The summed E-state index contributed by atoms with van der Waals surface area (Å²) in [4.78, 5) is 16.4. The van der Waals surface area contributed by atoms with Crippen molar-refractivity contribution in [1.82, 2.24) is 19.9 Å². The lowest BCUT2D eigenvalue weighted by atomic mass is 10.2. The van der Waals surface area contributed by atoms with Crippen molar-refractivity contribution in [3.05, 3.63) is 78.4 Å². The molecule has 0 radical (unpaired) electrons. The summed E-state index contributed by atoms with van der Waals surface area (Å²) in [5.41, 5.74) is 1.70. The molecule has 3 rings (SSSR count). The quantitative estimate of drug-likeness (QED) is 0.902. The summed E-state index contributed by atoms with van der Waals surface area (Å²) in [5.74, 6) is -0.229. The van der Waals surface area contributed by atoms with Gasteiger partial charge in [0.2, 0.25) is 0 Å². The van der Waals surface area contributed by atoms with Crippen LogP contribution in [0.2, 0.25) is 0 Å². The van der Waals surface area contributed by atoms with E-state index in [1.54, 1.807) is 23.0 Å². The van der Waals surface area contributed by atoms with Crippen LogP contribution < -0.4 is 5.32 Å². The van der Waals surface area contributed by atoms with Crippen LogP contribution in [0.25, 0.3) is 5.65 Å². The van der Waals surface area contributed by atoms with Crippen LogP contribution in [0.15, 0.2) is 72.9 Å². The van der Waals surface area contributed by atoms with E-state index in [1.165, 1.54) is 6.20 Å². The molecule has 2 aromatic heterocycles. The van der Waals surface area contributed by atoms with E-state index in [0.29, 0.717) is 16.9 Å². The molecule has 0 bridgehead atoms. The van der Waals surface area contributed by atoms with E-state index in [2.05, 4.69) is 15.4 Å². The van der Waals surface area contributed by atoms with Crippen molar-refractivity contribution in [1.29, 1.82) is 0 Å². The number of hydrogen-bond acceptors (Lipinski definition) is 3. The Morgan fingerprint density at radius 3 is 2.95 bits per heavy atom. The van der Waals surface area contributed by atoms with Crippen LogP contribution in [0.5, 0.6) is 0 Å². The van der Waals surface area contributed by atoms with Crippen LogP contribution >= 0.6 is 0 Å². The Hall–Kier alpha value is -2.95. The Morgan fingerprint density at radius 2 is 2.00 bits per heavy atom. The summed E-state index contributed by atoms with van der Waals surface area (Å²) in [6.45, 7) is 0. The highest BCUT2D eigenvalue weighted by molar-refractivity contribution is 6.00. The second-order valence-electron chi connectivity index (χ2n) is 4.15. The number of hydrogen-bond donors (Lipinski definition) is 1. The molecule has 1 aliphatic rings. The predicted molar refractivity (Wildman–Crippen MR) is 76.0 cm³/mol. The van der Waals surface area contributed by atoms with Gasteiger partial charge in [-0.1, -0.05) is 30.4 Å². The maximum Gasteiger partial charge on any atom is 0.261 e. The fraction of sp³-hybridized carbons (Fsp3) is 0. The van der Waals surface area contributed by atoms with Crippen LogP contribution in [0.1, 0.15) is 10.4 Å². The molecule has 2 heterocycles. The standard InChI is InChI=1S/C15H12N4O/c20-15(18-12-7-4-2-1-3-5-8-12)13-11-17-19-10-6-9-16-14(13)19/h1-11H,(H,18,20)/b2-1-,3-1?,4-2?,5-3-,7-4?,8-5?,12-7?,12-8?. The number of aromatic nitrogens is 3. The molecule has 1 N–H and O–H groups in total. The van der Waals surface area contributed by atoms with Gasteiger partial charge in [-0.25, -0.2) is 9.50 Å². The Bertz CT molecular complexity index is 765. The summed E-state index contributed by atoms with van der Waals surface area (Å²) in [6.07, 6.45) is 18.0. The van der Waals surface area contributed by atoms with Gasteiger partial charge < -0.3 is 5.32 Å². The number of rotatable bonds is 2. The van der Waals surface area contributed by atoms with Gasteiger partial charge in [0.1, 0.15) is 5.56 Å². The summed E-state index contributed by atoms with van der Waals surface area (Å²) < 4.78 is 1.57. The average Bonchev–Trinajstić information content (AvgIpc) is 2.85. The molecule has 5 heteroatoms. The van der Waals surface area contributed by atoms with Gasteiger partial charge in [-0.05, 0) is 18.2 Å². The number of amides is 1. The first kappa shape index (κ1) is 12.1. The smallest absolute Gasteiger partial charge is 0.261 e. The molecule has 0 spiro atoms. The third kappa shape index (κ3) is 2.42. The van der Waals surface area contributed by atoms with Crippen LogP contribution in [0, 0.1) is 0 Å². The van der Waals surface area contributed by atoms with Crippen LogP contribution in [-0.4, -0.2) is 20.5 Å². The first-order valence-electron chi connectivity index (χ1n) is 6.16. The first-order chi connectivity index (χ1) is 9.84. The zero-order valence-electron chi connectivity index (χ0n) is 10.6. The molecular weight excluding hydrogens is 252 g/mol. The minimum atomic E-state index is -0.229. The molecule has 0 unspecified atom stereocenters. The molecule has 5 nitrogen and oxygen atoms in total. The van der Waals surface area contributed by atoms with E-state index in [1.807, 2.05) is 42.5 Å². The molecule has 0 fully saturated rings. The Labute approximate surface area is 115 Å². The monoisotopic (exact) mass is 264 g/mol. The van der Waals surface area contributed by atoms with E-state index in [0.717, 1.165) is 0 Å². The van der Waals surface area contributed by atoms with Gasteiger partial charge >= 0.3 is 0 Å². The topological polar surface area (TPSA) is 59.3 Å². The molecule has 98 valence electrons. The van der Waals surface area contributed by atoms with E-state index >= 15 is 0 Å². The molecule has 0 saturated heterocycles. The van der Waals surface area contributed by atoms with Crippen LogP contribution in [-0.2, 0) is 0 Å². The number of nitrogens with one attached hydrogen (secondary N) is 1. The van der Waals surface area contributed by atoms with Gasteiger partial charge in [0, 0.05) is 18.1 Å². The Morgan fingerprint density at radius 1 is 1.15 bits per heavy atom. The van der Waals surface area contributed by atoms with Gasteiger partial charge in [0.25, 0.3) is 5.91 Å². The first-order valence-corrected chi connectivity index (χ1v) is 6.16. The van der Waals surface area contributed by atoms with Gasteiger partial charge in [0.15, 0.2) is 5.65 Å². The zero-order valence-corrected chi connectivity index (χ0v) is 10.6. The van der Waals surface area contributed by atoms with Crippen molar-refractivity contribution < 1.29 is 4.79 Å². The van der Waals surface area contributed by atoms with E-state index in [9.17, 15) is 4.79 Å². The van der Waals surface area contributed by atoms with E-state index in [4.69, 9.17) is 0 Å². The maximum atomic E-state index is 12.3. The SMILES string of the molecule is O=C(NC1=C/C=C\C=C/C=C1)c1cnn2cccnc12. The molecule has 20 heavy (non-hydrogen) atoms. The minimum absolute atomic E-state index is 0.229. The molecule has 2 aromatic rings. The molecule has 1 amide bonds. The van der Waals surface area contributed by atoms with Gasteiger partial charge in [-0.15, -0.1) is 0 Å². The van der Waals surface area contributed by atoms with Crippen molar-refractivity contribution in [2.24, 2.45) is 0 Å². The second kappa shape index (κ2) is 5.36. The van der Waals surface area contributed by atoms with Crippen LogP contribution in [0.3, 0.4) is 0 Å². The summed E-state index contributed by atoms with van der Waals surface area (Å²) in [5, 5.41) is 6.94. The Kier molecular flexibility index (Phi) is 3.24. The maximum absolute atomic E-state index is 12.3. The molecular formula is C15H12N4O. The lowest BCUT2D eigenvalue weighted by Gasteiger charge is -2.04. The van der Waals surface area contributed by atoms with Crippen molar-refractivity contribution in [2.75, 3.05) is 0 Å². The minimum Gasteiger partial charge on any atom is -0.322 e. The lowest BCUT2D eigenvalue weighted by Crippen LogP contribution is -2.21. The highest BCUT2D eigenvalue weighted by Gasteiger charge is 2.13. The van der Waals surface area contributed by atoms with Gasteiger partial charge in [-0.2, -0.15) is 5.10 Å². The average molecular weight is 264 g/mol. The number of carbonyl (C=O) groups is 1. The predicted octanol–water partition coefficient (Wildman–Crippen LogP) is 2.03. The second-order valence-corrected chi connectivity index (χ2v) is 4.15. The Balaban J connectivity index is 1.86. The van der Waals surface area contributed by atoms with E-state index in [-0.39, 0.29) is 5.91 Å². The lowest BCUT2D eigenvalue weighted by molar-refractivity contribution is 0.0968. The summed E-state index contributed by atoms with van der Waals surface area (Å²) in [6, 6.07) is 1.76. The summed E-state index contributed by atoms with van der Waals surface area (Å²) >= 11 is 0. The molecule has 0 aliphatic heterocycles. The van der Waals surface area contributed by atoms with Gasteiger partial charge in [-0.3, -0.25) is 4.79 Å². The fourth-order valence-electron chi connectivity index (χ4n) is 1.84. The van der Waals surface area contributed by atoms with Gasteiger partial charge in [0.05, 0.1) is 6.20 Å².